The van der Waals surface area contributed by atoms with Gasteiger partial charge < -0.3 is 10.4 Å². The molecule has 1 fully saturated rings. The minimum absolute atomic E-state index is 0.0404. The Morgan fingerprint density at radius 3 is 2.26 bits per heavy atom. The molecule has 0 aromatic rings. The summed E-state index contributed by atoms with van der Waals surface area (Å²) in [5.74, 6) is -0.690. The lowest BCUT2D eigenvalue weighted by Gasteiger charge is -2.27. The van der Waals surface area contributed by atoms with Crippen molar-refractivity contribution in [2.45, 2.75) is 44.9 Å². The second-order valence-corrected chi connectivity index (χ2v) is 6.86. The molecule has 0 aromatic heterocycles. The molecule has 110 valence electrons. The number of carbonyl (C=O) groups is 2. The van der Waals surface area contributed by atoms with Gasteiger partial charge in [-0.2, -0.15) is 0 Å². The van der Waals surface area contributed by atoms with Gasteiger partial charge in [0.25, 0.3) is 0 Å². The van der Waals surface area contributed by atoms with Crippen LogP contribution in [0.5, 0.6) is 0 Å². The summed E-state index contributed by atoms with van der Waals surface area (Å²) in [7, 11) is -0.942. The molecule has 5 nitrogen and oxygen atoms in total. The molecule has 1 rings (SSSR count). The second-order valence-electron chi connectivity index (χ2n) is 5.30. The van der Waals surface area contributed by atoms with Gasteiger partial charge in [-0.05, 0) is 12.8 Å². The average Bonchev–Trinajstić information content (AvgIpc) is 2.55. The van der Waals surface area contributed by atoms with Crippen LogP contribution in [-0.4, -0.2) is 39.7 Å². The van der Waals surface area contributed by atoms with Crippen molar-refractivity contribution in [2.75, 3.05) is 18.6 Å². The van der Waals surface area contributed by atoms with E-state index in [1.807, 2.05) is 0 Å². The molecular formula is C13H23NO4S. The van der Waals surface area contributed by atoms with E-state index in [0.29, 0.717) is 25.1 Å². The molecule has 2 N–H and O–H groups in total. The van der Waals surface area contributed by atoms with Crippen LogP contribution in [0.4, 0.5) is 0 Å². The predicted octanol–water partition coefficient (Wildman–Crippen LogP) is 1.30. The first-order chi connectivity index (χ1) is 8.96. The van der Waals surface area contributed by atoms with Crippen molar-refractivity contribution >= 4 is 22.7 Å². The van der Waals surface area contributed by atoms with Crippen LogP contribution >= 0.6 is 0 Å². The smallest absolute Gasteiger partial charge is 0.310 e. The minimum Gasteiger partial charge on any atom is -0.481 e. The molecule has 0 heterocycles. The van der Waals surface area contributed by atoms with Crippen molar-refractivity contribution in [3.05, 3.63) is 0 Å². The van der Waals surface area contributed by atoms with E-state index in [0.717, 1.165) is 25.7 Å². The SMILES string of the molecule is CS(=O)CCNC(=O)CC1(C(=O)O)CCCCCC1. The maximum absolute atomic E-state index is 11.8. The van der Waals surface area contributed by atoms with E-state index in [-0.39, 0.29) is 12.3 Å². The van der Waals surface area contributed by atoms with Gasteiger partial charge in [0.2, 0.25) is 5.91 Å². The summed E-state index contributed by atoms with van der Waals surface area (Å²) in [6, 6.07) is 0. The largest absolute Gasteiger partial charge is 0.481 e. The van der Waals surface area contributed by atoms with Gasteiger partial charge in [0.1, 0.15) is 0 Å². The number of carboxylic acid groups (broad SMARTS) is 1. The van der Waals surface area contributed by atoms with E-state index < -0.39 is 22.2 Å². The lowest BCUT2D eigenvalue weighted by Crippen LogP contribution is -2.38. The van der Waals surface area contributed by atoms with Crippen molar-refractivity contribution in [3.63, 3.8) is 0 Å². The first kappa shape index (κ1) is 16.1. The Bertz CT molecular complexity index is 349. The Balaban J connectivity index is 2.55. The van der Waals surface area contributed by atoms with E-state index in [9.17, 15) is 18.9 Å². The lowest BCUT2D eigenvalue weighted by molar-refractivity contribution is -0.152. The highest BCUT2D eigenvalue weighted by Crippen LogP contribution is 2.38. The number of nitrogens with one attached hydrogen (secondary N) is 1. The number of carbonyl (C=O) groups excluding carboxylic acids is 1. The summed E-state index contributed by atoms with van der Waals surface area (Å²) in [6.45, 7) is 0.345. The molecule has 6 heteroatoms. The van der Waals surface area contributed by atoms with E-state index in [1.54, 1.807) is 6.26 Å². The number of hydrogen-bond acceptors (Lipinski definition) is 3. The Hall–Kier alpha value is -0.910. The summed E-state index contributed by atoms with van der Waals surface area (Å²) in [6.07, 6.45) is 6.62. The molecule has 0 bridgehead atoms. The first-order valence-electron chi connectivity index (χ1n) is 6.76. The Morgan fingerprint density at radius 1 is 1.21 bits per heavy atom. The van der Waals surface area contributed by atoms with Crippen LogP contribution in [0.3, 0.4) is 0 Å². The van der Waals surface area contributed by atoms with Crippen LogP contribution in [0, 0.1) is 5.41 Å². The van der Waals surface area contributed by atoms with Crippen molar-refractivity contribution in [2.24, 2.45) is 5.41 Å². The molecule has 1 atom stereocenters. The van der Waals surface area contributed by atoms with Crippen LogP contribution in [-0.2, 0) is 20.4 Å². The second kappa shape index (κ2) is 7.62. The Morgan fingerprint density at radius 2 is 1.79 bits per heavy atom. The Labute approximate surface area is 116 Å². The molecule has 0 spiro atoms. The summed E-state index contributed by atoms with van der Waals surface area (Å²) in [4.78, 5) is 23.4. The number of aliphatic carboxylic acids is 1. The van der Waals surface area contributed by atoms with Gasteiger partial charge in [-0.15, -0.1) is 0 Å². The number of hydrogen-bond donors (Lipinski definition) is 2. The first-order valence-corrected chi connectivity index (χ1v) is 8.49. The van der Waals surface area contributed by atoms with Crippen LogP contribution in [0.2, 0.25) is 0 Å². The van der Waals surface area contributed by atoms with Gasteiger partial charge in [-0.1, -0.05) is 25.7 Å². The van der Waals surface area contributed by atoms with Gasteiger partial charge in [0.15, 0.2) is 0 Å². The van der Waals surface area contributed by atoms with Crippen molar-refractivity contribution in [3.8, 4) is 0 Å². The minimum atomic E-state index is -0.942. The van der Waals surface area contributed by atoms with Crippen molar-refractivity contribution in [1.29, 1.82) is 0 Å². The van der Waals surface area contributed by atoms with Gasteiger partial charge in [-0.25, -0.2) is 0 Å². The highest BCUT2D eigenvalue weighted by Gasteiger charge is 2.40. The summed E-state index contributed by atoms with van der Waals surface area (Å²) in [5, 5.41) is 12.1. The molecule has 1 unspecified atom stereocenters. The van der Waals surface area contributed by atoms with E-state index in [2.05, 4.69) is 5.32 Å². The van der Waals surface area contributed by atoms with E-state index in [4.69, 9.17) is 0 Å². The molecule has 0 saturated heterocycles. The van der Waals surface area contributed by atoms with E-state index in [1.165, 1.54) is 0 Å². The quantitative estimate of drug-likeness (QED) is 0.722. The predicted molar refractivity (Wildman–Crippen MR) is 74.3 cm³/mol. The van der Waals surface area contributed by atoms with Gasteiger partial charge >= 0.3 is 5.97 Å². The summed E-state index contributed by atoms with van der Waals surface area (Å²) < 4.78 is 10.9. The molecule has 19 heavy (non-hydrogen) atoms. The van der Waals surface area contributed by atoms with Crippen molar-refractivity contribution in [1.82, 2.24) is 5.32 Å². The maximum atomic E-state index is 11.8. The number of rotatable bonds is 6. The molecule has 0 aliphatic heterocycles. The topological polar surface area (TPSA) is 83.5 Å². The molecule has 0 aromatic carbocycles. The average molecular weight is 289 g/mol. The van der Waals surface area contributed by atoms with E-state index >= 15 is 0 Å². The highest BCUT2D eigenvalue weighted by atomic mass is 32.2. The molecule has 1 aliphatic carbocycles. The standard InChI is InChI=1S/C13H23NO4S/c1-19(18)9-8-14-11(15)10-13(12(16)17)6-4-2-3-5-7-13/h2-10H2,1H3,(H,14,15)(H,16,17). The molecule has 1 aliphatic rings. The van der Waals surface area contributed by atoms with Gasteiger partial charge in [-0.3, -0.25) is 13.8 Å². The van der Waals surface area contributed by atoms with Crippen LogP contribution in [0.1, 0.15) is 44.9 Å². The highest BCUT2D eigenvalue weighted by molar-refractivity contribution is 7.84. The lowest BCUT2D eigenvalue weighted by atomic mass is 9.77. The molecule has 1 saturated carbocycles. The third-order valence-electron chi connectivity index (χ3n) is 3.72. The van der Waals surface area contributed by atoms with Crippen molar-refractivity contribution < 1.29 is 18.9 Å². The van der Waals surface area contributed by atoms with Gasteiger partial charge in [0.05, 0.1) is 5.41 Å². The third kappa shape index (κ3) is 5.30. The number of amides is 1. The third-order valence-corrected chi connectivity index (χ3v) is 4.50. The zero-order valence-electron chi connectivity index (χ0n) is 11.4. The van der Waals surface area contributed by atoms with Crippen LogP contribution < -0.4 is 5.32 Å². The van der Waals surface area contributed by atoms with Crippen LogP contribution in [0.15, 0.2) is 0 Å². The zero-order chi connectivity index (χ0) is 14.3. The van der Waals surface area contributed by atoms with Gasteiger partial charge in [0, 0.05) is 35.8 Å². The van der Waals surface area contributed by atoms with Crippen LogP contribution in [0.25, 0.3) is 0 Å². The molecule has 0 radical (unpaired) electrons. The molecular weight excluding hydrogens is 266 g/mol. The fourth-order valence-electron chi connectivity index (χ4n) is 2.58. The molecule has 1 amide bonds. The normalized spacial score (nSPS) is 20.3. The zero-order valence-corrected chi connectivity index (χ0v) is 12.3. The fourth-order valence-corrected chi connectivity index (χ4v) is 2.97. The monoisotopic (exact) mass is 289 g/mol. The fraction of sp³-hybridized carbons (Fsp3) is 0.846. The number of carboxylic acids is 1. The summed E-state index contributed by atoms with van der Waals surface area (Å²) >= 11 is 0. The Kier molecular flexibility index (Phi) is 6.48. The summed E-state index contributed by atoms with van der Waals surface area (Å²) in [5.41, 5.74) is -0.897. The maximum Gasteiger partial charge on any atom is 0.310 e.